The molecule has 0 amide bonds. The lowest BCUT2D eigenvalue weighted by Gasteiger charge is -2.04. The van der Waals surface area contributed by atoms with E-state index in [-0.39, 0.29) is 0 Å². The summed E-state index contributed by atoms with van der Waals surface area (Å²) in [7, 11) is 0. The number of rotatable bonds is 11. The number of allylic oxidation sites excluding steroid dienone is 18. The standard InChI is InChI=1S/C26H30/c1-9-21(7)15-17-23(11-3)25(13-5)19-20-26(14-6)24(12-4)18-16-22(8)10-2/h9-20H,1-6H2,7-8H3/b21-15-,22-16-,23-17+,24-18+,25-19+,26-20+. The Morgan fingerprint density at radius 3 is 0.808 bits per heavy atom. The first-order valence-electron chi connectivity index (χ1n) is 8.41. The zero-order valence-corrected chi connectivity index (χ0v) is 16.2. The molecule has 0 heteroatoms. The molecule has 0 nitrogen and oxygen atoms in total. The van der Waals surface area contributed by atoms with E-state index in [0.29, 0.717) is 0 Å². The summed E-state index contributed by atoms with van der Waals surface area (Å²) in [6, 6.07) is 0. The lowest BCUT2D eigenvalue weighted by atomic mass is 10.0. The Labute approximate surface area is 160 Å². The van der Waals surface area contributed by atoms with Crippen molar-refractivity contribution in [3.05, 3.63) is 146 Å². The summed E-state index contributed by atoms with van der Waals surface area (Å²) >= 11 is 0. The van der Waals surface area contributed by atoms with E-state index in [1.165, 1.54) is 0 Å². The van der Waals surface area contributed by atoms with E-state index < -0.39 is 0 Å². The second kappa shape index (κ2) is 13.2. The molecule has 0 aliphatic carbocycles. The first-order chi connectivity index (χ1) is 12.5. The topological polar surface area (TPSA) is 0 Å². The van der Waals surface area contributed by atoms with Crippen LogP contribution in [-0.4, -0.2) is 0 Å². The van der Waals surface area contributed by atoms with Gasteiger partial charge in [-0.1, -0.05) is 124 Å². The SMILES string of the molecule is C=C\C(C)=C/C=C(C=C)/C(C=C)=C/C=C(C=C)/C(C=C)=C/C=C(/C)C=C. The van der Waals surface area contributed by atoms with Crippen molar-refractivity contribution < 1.29 is 0 Å². The quantitative estimate of drug-likeness (QED) is 0.337. The molecule has 0 aliphatic heterocycles. The van der Waals surface area contributed by atoms with Gasteiger partial charge in [0.05, 0.1) is 0 Å². The summed E-state index contributed by atoms with van der Waals surface area (Å²) in [6.45, 7) is 27.1. The van der Waals surface area contributed by atoms with Gasteiger partial charge in [0.2, 0.25) is 0 Å². The molecule has 0 aromatic carbocycles. The van der Waals surface area contributed by atoms with Gasteiger partial charge < -0.3 is 0 Å². The van der Waals surface area contributed by atoms with Gasteiger partial charge in [-0.25, -0.2) is 0 Å². The van der Waals surface area contributed by atoms with Gasteiger partial charge in [-0.15, -0.1) is 0 Å². The Kier molecular flexibility index (Phi) is 11.6. The van der Waals surface area contributed by atoms with Crippen molar-refractivity contribution in [2.24, 2.45) is 0 Å². The molecule has 0 aromatic heterocycles. The highest BCUT2D eigenvalue weighted by atomic mass is 14.0. The zero-order chi connectivity index (χ0) is 19.9. The highest BCUT2D eigenvalue weighted by Crippen LogP contribution is 2.18. The highest BCUT2D eigenvalue weighted by molar-refractivity contribution is 5.53. The lowest BCUT2D eigenvalue weighted by molar-refractivity contribution is 1.48. The molecule has 0 unspecified atom stereocenters. The van der Waals surface area contributed by atoms with Crippen molar-refractivity contribution in [1.29, 1.82) is 0 Å². The van der Waals surface area contributed by atoms with Crippen molar-refractivity contribution in [2.45, 2.75) is 13.8 Å². The van der Waals surface area contributed by atoms with Crippen LogP contribution in [0, 0.1) is 0 Å². The number of hydrogen-bond donors (Lipinski definition) is 0. The van der Waals surface area contributed by atoms with Crippen LogP contribution in [0.3, 0.4) is 0 Å². The summed E-state index contributed by atoms with van der Waals surface area (Å²) in [5, 5.41) is 0. The summed E-state index contributed by atoms with van der Waals surface area (Å²) in [4.78, 5) is 0. The van der Waals surface area contributed by atoms with Crippen molar-refractivity contribution >= 4 is 0 Å². The van der Waals surface area contributed by atoms with E-state index in [4.69, 9.17) is 0 Å². The third kappa shape index (κ3) is 8.12. The second-order valence-electron chi connectivity index (χ2n) is 5.53. The van der Waals surface area contributed by atoms with Gasteiger partial charge in [-0.3, -0.25) is 0 Å². The molecule has 0 aromatic rings. The molecular weight excluding hydrogens is 312 g/mol. The summed E-state index contributed by atoms with van der Waals surface area (Å²) in [5.74, 6) is 0. The first kappa shape index (κ1) is 22.9. The molecule has 0 rings (SSSR count). The fraction of sp³-hybridized carbons (Fsp3) is 0.0769. The molecular formula is C26H30. The Morgan fingerprint density at radius 1 is 0.385 bits per heavy atom. The average Bonchev–Trinajstić information content (AvgIpc) is 2.67. The molecule has 0 N–H and O–H groups in total. The molecule has 0 fully saturated rings. The van der Waals surface area contributed by atoms with Crippen LogP contribution in [0.4, 0.5) is 0 Å². The minimum atomic E-state index is 0.966. The van der Waals surface area contributed by atoms with Crippen LogP contribution < -0.4 is 0 Å². The van der Waals surface area contributed by atoms with Gasteiger partial charge in [0.1, 0.15) is 0 Å². The van der Waals surface area contributed by atoms with Gasteiger partial charge >= 0.3 is 0 Å². The van der Waals surface area contributed by atoms with E-state index >= 15 is 0 Å². The fourth-order valence-corrected chi connectivity index (χ4v) is 1.89. The maximum atomic E-state index is 3.91. The molecule has 0 saturated carbocycles. The Bertz CT molecular complexity index is 684. The third-order valence-corrected chi connectivity index (χ3v) is 3.68. The maximum absolute atomic E-state index is 3.91. The molecule has 0 bridgehead atoms. The minimum absolute atomic E-state index is 0.966. The Morgan fingerprint density at radius 2 is 0.615 bits per heavy atom. The summed E-state index contributed by atoms with van der Waals surface area (Å²) < 4.78 is 0. The van der Waals surface area contributed by atoms with Gasteiger partial charge in [0.15, 0.2) is 0 Å². The van der Waals surface area contributed by atoms with E-state index in [1.54, 1.807) is 12.2 Å². The monoisotopic (exact) mass is 342 g/mol. The smallest absolute Gasteiger partial charge is 0.0190 e. The molecule has 0 radical (unpaired) electrons. The summed E-state index contributed by atoms with van der Waals surface area (Å²) in [5.41, 5.74) is 6.05. The average molecular weight is 343 g/mol. The van der Waals surface area contributed by atoms with Gasteiger partial charge in [0, 0.05) is 0 Å². The number of hydrogen-bond acceptors (Lipinski definition) is 0. The maximum Gasteiger partial charge on any atom is -0.0190 e. The molecule has 0 heterocycles. The minimum Gasteiger partial charge on any atom is -0.0988 e. The normalized spacial score (nSPS) is 14.5. The van der Waals surface area contributed by atoms with E-state index in [2.05, 4.69) is 39.5 Å². The first-order valence-corrected chi connectivity index (χ1v) is 8.41. The second-order valence-corrected chi connectivity index (χ2v) is 5.53. The van der Waals surface area contributed by atoms with E-state index in [1.807, 2.05) is 74.6 Å². The van der Waals surface area contributed by atoms with Crippen molar-refractivity contribution in [3.8, 4) is 0 Å². The van der Waals surface area contributed by atoms with Crippen LogP contribution >= 0.6 is 0 Å². The molecule has 0 aliphatic rings. The van der Waals surface area contributed by atoms with Crippen LogP contribution in [0.5, 0.6) is 0 Å². The molecule has 134 valence electrons. The van der Waals surface area contributed by atoms with Crippen LogP contribution in [0.15, 0.2) is 146 Å². The Hall–Kier alpha value is -3.12. The van der Waals surface area contributed by atoms with E-state index in [0.717, 1.165) is 33.4 Å². The molecule has 0 spiro atoms. The van der Waals surface area contributed by atoms with Crippen LogP contribution in [-0.2, 0) is 0 Å². The molecule has 0 atom stereocenters. The van der Waals surface area contributed by atoms with Gasteiger partial charge in [-0.2, -0.15) is 0 Å². The fourth-order valence-electron chi connectivity index (χ4n) is 1.89. The lowest BCUT2D eigenvalue weighted by Crippen LogP contribution is -1.85. The largest absolute Gasteiger partial charge is 0.0988 e. The van der Waals surface area contributed by atoms with Crippen LogP contribution in [0.1, 0.15) is 13.8 Å². The van der Waals surface area contributed by atoms with Crippen molar-refractivity contribution in [2.75, 3.05) is 0 Å². The van der Waals surface area contributed by atoms with Gasteiger partial charge in [0.25, 0.3) is 0 Å². The Balaban J connectivity index is 6.01. The van der Waals surface area contributed by atoms with Crippen molar-refractivity contribution in [3.63, 3.8) is 0 Å². The molecule has 0 saturated heterocycles. The third-order valence-electron chi connectivity index (χ3n) is 3.68. The van der Waals surface area contributed by atoms with Gasteiger partial charge in [-0.05, 0) is 36.1 Å². The van der Waals surface area contributed by atoms with Crippen LogP contribution in [0.25, 0.3) is 0 Å². The van der Waals surface area contributed by atoms with Crippen LogP contribution in [0.2, 0.25) is 0 Å². The predicted octanol–water partition coefficient (Wildman–Crippen LogP) is 7.70. The summed E-state index contributed by atoms with van der Waals surface area (Å²) in [6.07, 6.45) is 22.8. The predicted molar refractivity (Wildman–Crippen MR) is 121 cm³/mol. The van der Waals surface area contributed by atoms with E-state index in [9.17, 15) is 0 Å². The molecule has 26 heavy (non-hydrogen) atoms. The highest BCUT2D eigenvalue weighted by Gasteiger charge is 1.98. The van der Waals surface area contributed by atoms with Crippen molar-refractivity contribution in [1.82, 2.24) is 0 Å². The zero-order valence-electron chi connectivity index (χ0n) is 16.2.